The van der Waals surface area contributed by atoms with Crippen LogP contribution in [0.3, 0.4) is 0 Å². The highest BCUT2D eigenvalue weighted by atomic mass is 15.1. The number of hydrogen-bond acceptors (Lipinski definition) is 2. The molecule has 0 amide bonds. The second kappa shape index (κ2) is 8.28. The van der Waals surface area contributed by atoms with Gasteiger partial charge in [-0.05, 0) is 32.9 Å². The molecule has 0 radical (unpaired) electrons. The highest BCUT2D eigenvalue weighted by Gasteiger charge is 2.02. The fourth-order valence-corrected chi connectivity index (χ4v) is 2.24. The molecule has 2 heteroatoms. The third-order valence-electron chi connectivity index (χ3n) is 3.24. The van der Waals surface area contributed by atoms with E-state index in [1.54, 1.807) is 0 Å². The van der Waals surface area contributed by atoms with Crippen LogP contribution in [0.4, 0.5) is 0 Å². The molecule has 1 unspecified atom stereocenters. The second-order valence-corrected chi connectivity index (χ2v) is 5.37. The first kappa shape index (κ1) is 15.2. The van der Waals surface area contributed by atoms with Gasteiger partial charge in [0, 0.05) is 25.7 Å². The summed E-state index contributed by atoms with van der Waals surface area (Å²) in [4.78, 5) is 2.38. The Bertz CT molecular complexity index is 336. The van der Waals surface area contributed by atoms with Crippen molar-refractivity contribution in [1.82, 2.24) is 10.2 Å². The van der Waals surface area contributed by atoms with Gasteiger partial charge in [-0.3, -0.25) is 0 Å². The lowest BCUT2D eigenvalue weighted by Gasteiger charge is -2.19. The molecule has 0 aliphatic heterocycles. The van der Waals surface area contributed by atoms with Gasteiger partial charge < -0.3 is 10.2 Å². The number of rotatable bonds is 8. The average Bonchev–Trinajstić information content (AvgIpc) is 2.29. The van der Waals surface area contributed by atoms with Crippen LogP contribution >= 0.6 is 0 Å². The highest BCUT2D eigenvalue weighted by Crippen LogP contribution is 2.06. The smallest absolute Gasteiger partial charge is 0.0231 e. The van der Waals surface area contributed by atoms with E-state index in [-0.39, 0.29) is 0 Å². The molecule has 2 nitrogen and oxygen atoms in total. The summed E-state index contributed by atoms with van der Waals surface area (Å²) in [6.45, 7) is 9.86. The third-order valence-corrected chi connectivity index (χ3v) is 3.24. The van der Waals surface area contributed by atoms with Crippen molar-refractivity contribution >= 4 is 0 Å². The molecule has 18 heavy (non-hydrogen) atoms. The van der Waals surface area contributed by atoms with Crippen molar-refractivity contribution < 1.29 is 0 Å². The monoisotopic (exact) mass is 248 g/mol. The fraction of sp³-hybridized carbons (Fsp3) is 0.625. The molecule has 0 aromatic heterocycles. The predicted molar refractivity (Wildman–Crippen MR) is 79.9 cm³/mol. The Kier molecular flexibility index (Phi) is 6.99. The van der Waals surface area contributed by atoms with E-state index in [0.29, 0.717) is 6.04 Å². The SMILES string of the molecule is CCCC(C)NCCN(C)Cc1cccc(C)c1. The Morgan fingerprint density at radius 3 is 2.78 bits per heavy atom. The zero-order valence-corrected chi connectivity index (χ0v) is 12.4. The van der Waals surface area contributed by atoms with E-state index < -0.39 is 0 Å². The number of benzene rings is 1. The van der Waals surface area contributed by atoms with E-state index in [0.717, 1.165) is 19.6 Å². The van der Waals surface area contributed by atoms with Gasteiger partial charge >= 0.3 is 0 Å². The highest BCUT2D eigenvalue weighted by molar-refractivity contribution is 5.21. The Morgan fingerprint density at radius 2 is 2.11 bits per heavy atom. The average molecular weight is 248 g/mol. The van der Waals surface area contributed by atoms with E-state index in [9.17, 15) is 0 Å². The molecule has 0 fully saturated rings. The summed E-state index contributed by atoms with van der Waals surface area (Å²) >= 11 is 0. The van der Waals surface area contributed by atoms with Crippen LogP contribution in [-0.2, 0) is 6.54 Å². The molecule has 1 aromatic rings. The quantitative estimate of drug-likeness (QED) is 0.760. The van der Waals surface area contributed by atoms with Crippen molar-refractivity contribution in [3.63, 3.8) is 0 Å². The number of aryl methyl sites for hydroxylation is 1. The van der Waals surface area contributed by atoms with E-state index in [1.165, 1.54) is 24.0 Å². The Labute approximate surface area is 112 Å². The van der Waals surface area contributed by atoms with Crippen molar-refractivity contribution in [3.8, 4) is 0 Å². The molecule has 102 valence electrons. The molecule has 0 spiro atoms. The molecule has 0 aliphatic carbocycles. The number of nitrogens with zero attached hydrogens (tertiary/aromatic N) is 1. The van der Waals surface area contributed by atoms with Crippen molar-refractivity contribution in [2.45, 2.75) is 46.2 Å². The minimum Gasteiger partial charge on any atom is -0.313 e. The topological polar surface area (TPSA) is 15.3 Å². The van der Waals surface area contributed by atoms with E-state index in [1.807, 2.05) is 0 Å². The van der Waals surface area contributed by atoms with Crippen LogP contribution < -0.4 is 5.32 Å². The molecule has 1 N–H and O–H groups in total. The minimum atomic E-state index is 0.641. The first-order valence-corrected chi connectivity index (χ1v) is 7.09. The lowest BCUT2D eigenvalue weighted by Crippen LogP contribution is -2.34. The van der Waals surface area contributed by atoms with E-state index in [4.69, 9.17) is 0 Å². The summed E-state index contributed by atoms with van der Waals surface area (Å²) in [5.41, 5.74) is 2.75. The standard InChI is InChI=1S/C16H28N2/c1-5-7-15(3)17-10-11-18(4)13-16-9-6-8-14(2)12-16/h6,8-9,12,15,17H,5,7,10-11,13H2,1-4H3. The van der Waals surface area contributed by atoms with Gasteiger partial charge in [0.05, 0.1) is 0 Å². The van der Waals surface area contributed by atoms with Crippen molar-refractivity contribution in [2.75, 3.05) is 20.1 Å². The van der Waals surface area contributed by atoms with E-state index >= 15 is 0 Å². The first-order valence-electron chi connectivity index (χ1n) is 7.09. The minimum absolute atomic E-state index is 0.641. The fourth-order valence-electron chi connectivity index (χ4n) is 2.24. The predicted octanol–water partition coefficient (Wildman–Crippen LogP) is 3.21. The number of nitrogens with one attached hydrogen (secondary N) is 1. The Morgan fingerprint density at radius 1 is 1.33 bits per heavy atom. The molecule has 0 saturated heterocycles. The van der Waals surface area contributed by atoms with Crippen LogP contribution in [0.15, 0.2) is 24.3 Å². The Hall–Kier alpha value is -0.860. The lowest BCUT2D eigenvalue weighted by atomic mass is 10.1. The van der Waals surface area contributed by atoms with Crippen LogP contribution in [0.1, 0.15) is 37.8 Å². The summed E-state index contributed by atoms with van der Waals surface area (Å²) in [7, 11) is 2.19. The van der Waals surface area contributed by atoms with Gasteiger partial charge in [0.15, 0.2) is 0 Å². The zero-order chi connectivity index (χ0) is 13.4. The third kappa shape index (κ3) is 6.18. The van der Waals surface area contributed by atoms with Gasteiger partial charge in [-0.1, -0.05) is 43.2 Å². The largest absolute Gasteiger partial charge is 0.313 e. The Balaban J connectivity index is 2.23. The molecular formula is C16H28N2. The number of hydrogen-bond donors (Lipinski definition) is 1. The molecule has 0 aliphatic rings. The summed E-state index contributed by atoms with van der Waals surface area (Å²) in [6, 6.07) is 9.40. The molecular weight excluding hydrogens is 220 g/mol. The van der Waals surface area contributed by atoms with Crippen molar-refractivity contribution in [2.24, 2.45) is 0 Å². The van der Waals surface area contributed by atoms with Gasteiger partial charge in [0.2, 0.25) is 0 Å². The molecule has 1 atom stereocenters. The molecule has 1 rings (SSSR count). The van der Waals surface area contributed by atoms with Crippen molar-refractivity contribution in [1.29, 1.82) is 0 Å². The van der Waals surface area contributed by atoms with Crippen LogP contribution in [0.25, 0.3) is 0 Å². The maximum absolute atomic E-state index is 3.57. The second-order valence-electron chi connectivity index (χ2n) is 5.37. The first-order chi connectivity index (χ1) is 8.61. The van der Waals surface area contributed by atoms with Crippen LogP contribution in [0.5, 0.6) is 0 Å². The van der Waals surface area contributed by atoms with Crippen molar-refractivity contribution in [3.05, 3.63) is 35.4 Å². The molecule has 0 heterocycles. The summed E-state index contributed by atoms with van der Waals surface area (Å²) in [5, 5.41) is 3.57. The molecule has 1 aromatic carbocycles. The van der Waals surface area contributed by atoms with Gasteiger partial charge in [0.1, 0.15) is 0 Å². The summed E-state index contributed by atoms with van der Waals surface area (Å²) in [6.07, 6.45) is 2.52. The van der Waals surface area contributed by atoms with Gasteiger partial charge in [-0.25, -0.2) is 0 Å². The van der Waals surface area contributed by atoms with Crippen LogP contribution in [0, 0.1) is 6.92 Å². The molecule has 0 bridgehead atoms. The summed E-state index contributed by atoms with van der Waals surface area (Å²) < 4.78 is 0. The van der Waals surface area contributed by atoms with Crippen LogP contribution in [0.2, 0.25) is 0 Å². The molecule has 0 saturated carbocycles. The zero-order valence-electron chi connectivity index (χ0n) is 12.4. The van der Waals surface area contributed by atoms with Gasteiger partial charge in [0.25, 0.3) is 0 Å². The summed E-state index contributed by atoms with van der Waals surface area (Å²) in [5.74, 6) is 0. The normalized spacial score (nSPS) is 12.9. The van der Waals surface area contributed by atoms with Gasteiger partial charge in [-0.2, -0.15) is 0 Å². The van der Waals surface area contributed by atoms with Crippen LogP contribution in [-0.4, -0.2) is 31.1 Å². The van der Waals surface area contributed by atoms with E-state index in [2.05, 4.69) is 62.3 Å². The maximum atomic E-state index is 3.57. The number of likely N-dealkylation sites (N-methyl/N-ethyl adjacent to an activating group) is 1. The lowest BCUT2D eigenvalue weighted by molar-refractivity contribution is 0.316. The van der Waals surface area contributed by atoms with Gasteiger partial charge in [-0.15, -0.1) is 0 Å². The maximum Gasteiger partial charge on any atom is 0.0231 e.